The van der Waals surface area contributed by atoms with E-state index in [9.17, 15) is 14.0 Å². The first-order valence-corrected chi connectivity index (χ1v) is 10.3. The predicted octanol–water partition coefficient (Wildman–Crippen LogP) is 3.82. The van der Waals surface area contributed by atoms with Crippen LogP contribution in [-0.2, 0) is 4.79 Å². The van der Waals surface area contributed by atoms with E-state index >= 15 is 0 Å². The summed E-state index contributed by atoms with van der Waals surface area (Å²) < 4.78 is 13.5. The van der Waals surface area contributed by atoms with Crippen LogP contribution in [0, 0.1) is 38.4 Å². The van der Waals surface area contributed by atoms with E-state index in [1.165, 1.54) is 6.07 Å². The van der Waals surface area contributed by atoms with E-state index in [-0.39, 0.29) is 29.5 Å². The van der Waals surface area contributed by atoms with Gasteiger partial charge in [-0.1, -0.05) is 6.92 Å². The summed E-state index contributed by atoms with van der Waals surface area (Å²) in [7, 11) is 0. The van der Waals surface area contributed by atoms with Crippen LogP contribution in [-0.4, -0.2) is 45.0 Å². The number of likely N-dealkylation sites (tertiary alicyclic amines) is 1. The molecule has 0 unspecified atom stereocenters. The van der Waals surface area contributed by atoms with Crippen molar-refractivity contribution in [2.75, 3.05) is 18.4 Å². The molecule has 0 spiro atoms. The number of carbonyl (C=O) groups excluding carboxylic acids is 2. The smallest absolute Gasteiger partial charge is 0.270 e. The lowest BCUT2D eigenvalue weighted by atomic mass is 9.97. The number of aryl methyl sites for hydroxylation is 3. The standard InChI is InChI=1S/C23H26FN5O2/c1-12-9-16(5-6-18(12)24)25-22(30)17-11-29(10-13(17)2)23(31)20-8-7-19(26-20)21-14(3)27-28-15(21)4/h5-9,13,17,26H,10-11H2,1-4H3,(H,25,30)(H,27,28)/t13-,17-/m1/s1. The van der Waals surface area contributed by atoms with Crippen LogP contribution in [0.4, 0.5) is 10.1 Å². The van der Waals surface area contributed by atoms with Crippen LogP contribution in [0.3, 0.4) is 0 Å². The first-order chi connectivity index (χ1) is 14.7. The lowest BCUT2D eigenvalue weighted by Crippen LogP contribution is -2.31. The number of hydrogen-bond acceptors (Lipinski definition) is 3. The first-order valence-electron chi connectivity index (χ1n) is 10.3. The number of H-pyrrole nitrogens is 2. The maximum absolute atomic E-state index is 13.5. The number of halogens is 1. The average Bonchev–Trinajstić information content (AvgIpc) is 3.43. The fraction of sp³-hybridized carbons (Fsp3) is 0.348. The second-order valence-corrected chi connectivity index (χ2v) is 8.34. The summed E-state index contributed by atoms with van der Waals surface area (Å²) in [5.41, 5.74) is 5.10. The van der Waals surface area contributed by atoms with Crippen molar-refractivity contribution in [2.24, 2.45) is 11.8 Å². The first kappa shape index (κ1) is 20.8. The van der Waals surface area contributed by atoms with Gasteiger partial charge in [0.25, 0.3) is 5.91 Å². The number of amides is 2. The van der Waals surface area contributed by atoms with Crippen molar-refractivity contribution in [1.82, 2.24) is 20.1 Å². The van der Waals surface area contributed by atoms with Crippen molar-refractivity contribution in [3.63, 3.8) is 0 Å². The number of anilines is 1. The van der Waals surface area contributed by atoms with Gasteiger partial charge in [-0.2, -0.15) is 5.10 Å². The summed E-state index contributed by atoms with van der Waals surface area (Å²) in [6.07, 6.45) is 0. The number of aromatic nitrogens is 3. The third kappa shape index (κ3) is 3.97. The van der Waals surface area contributed by atoms with Crippen LogP contribution < -0.4 is 5.32 Å². The molecule has 0 aliphatic carbocycles. The molecule has 2 aromatic heterocycles. The second-order valence-electron chi connectivity index (χ2n) is 8.34. The van der Waals surface area contributed by atoms with Crippen LogP contribution in [0.15, 0.2) is 30.3 Å². The SMILES string of the molecule is Cc1cc(NC(=O)[C@@H]2CN(C(=O)c3ccc(-c4c(C)n[nH]c4C)[nH]3)C[C@H]2C)ccc1F. The quantitative estimate of drug-likeness (QED) is 0.596. The van der Waals surface area contributed by atoms with E-state index in [2.05, 4.69) is 20.5 Å². The topological polar surface area (TPSA) is 93.9 Å². The lowest BCUT2D eigenvalue weighted by molar-refractivity contribution is -0.120. The summed E-state index contributed by atoms with van der Waals surface area (Å²) in [6.45, 7) is 8.30. The number of carbonyl (C=O) groups is 2. The molecule has 4 rings (SSSR count). The van der Waals surface area contributed by atoms with E-state index in [1.807, 2.05) is 26.8 Å². The Labute approximate surface area is 180 Å². The summed E-state index contributed by atoms with van der Waals surface area (Å²) in [4.78, 5) is 30.8. The monoisotopic (exact) mass is 423 g/mol. The van der Waals surface area contributed by atoms with E-state index in [0.29, 0.717) is 30.0 Å². The number of nitrogens with one attached hydrogen (secondary N) is 3. The Morgan fingerprint density at radius 2 is 1.94 bits per heavy atom. The van der Waals surface area contributed by atoms with Gasteiger partial charge in [-0.3, -0.25) is 14.7 Å². The molecule has 0 radical (unpaired) electrons. The molecule has 8 heteroatoms. The molecule has 0 saturated carbocycles. The largest absolute Gasteiger partial charge is 0.350 e. The number of benzene rings is 1. The summed E-state index contributed by atoms with van der Waals surface area (Å²) in [5.74, 6) is -0.925. The van der Waals surface area contributed by atoms with Crippen molar-refractivity contribution in [3.05, 3.63) is 58.8 Å². The van der Waals surface area contributed by atoms with Crippen molar-refractivity contribution in [3.8, 4) is 11.3 Å². The van der Waals surface area contributed by atoms with E-state index in [0.717, 1.165) is 22.6 Å². The highest BCUT2D eigenvalue weighted by molar-refractivity contribution is 5.96. The zero-order valence-electron chi connectivity index (χ0n) is 18.0. The molecular formula is C23H26FN5O2. The molecule has 1 aromatic carbocycles. The Bertz CT molecular complexity index is 1130. The third-order valence-corrected chi connectivity index (χ3v) is 5.98. The number of nitrogens with zero attached hydrogens (tertiary/aromatic N) is 2. The zero-order chi connectivity index (χ0) is 22.3. The van der Waals surface area contributed by atoms with Gasteiger partial charge in [-0.05, 0) is 62.6 Å². The molecule has 3 heterocycles. The Balaban J connectivity index is 1.45. The predicted molar refractivity (Wildman–Crippen MR) is 116 cm³/mol. The number of hydrogen-bond donors (Lipinski definition) is 3. The van der Waals surface area contributed by atoms with E-state index in [4.69, 9.17) is 0 Å². The highest BCUT2D eigenvalue weighted by atomic mass is 19.1. The second kappa shape index (κ2) is 8.02. The van der Waals surface area contributed by atoms with Crippen LogP contribution >= 0.6 is 0 Å². The van der Waals surface area contributed by atoms with Gasteiger partial charge in [0, 0.05) is 35.7 Å². The molecule has 7 nitrogen and oxygen atoms in total. The number of aromatic amines is 2. The van der Waals surface area contributed by atoms with Crippen LogP contribution in [0.2, 0.25) is 0 Å². The Hall–Kier alpha value is -3.42. The summed E-state index contributed by atoms with van der Waals surface area (Å²) in [5, 5.41) is 10.0. The molecule has 3 aromatic rings. The van der Waals surface area contributed by atoms with Gasteiger partial charge in [0.1, 0.15) is 11.5 Å². The molecule has 1 fully saturated rings. The molecule has 31 heavy (non-hydrogen) atoms. The minimum absolute atomic E-state index is 0.0123. The van der Waals surface area contributed by atoms with Gasteiger partial charge in [0.05, 0.1) is 11.6 Å². The minimum atomic E-state index is -0.331. The van der Waals surface area contributed by atoms with Gasteiger partial charge in [-0.15, -0.1) is 0 Å². The van der Waals surface area contributed by atoms with Crippen molar-refractivity contribution in [2.45, 2.75) is 27.7 Å². The van der Waals surface area contributed by atoms with Gasteiger partial charge >= 0.3 is 0 Å². The molecule has 0 bridgehead atoms. The van der Waals surface area contributed by atoms with Gasteiger partial charge < -0.3 is 15.2 Å². The molecular weight excluding hydrogens is 397 g/mol. The maximum atomic E-state index is 13.5. The van der Waals surface area contributed by atoms with Crippen LogP contribution in [0.25, 0.3) is 11.3 Å². The van der Waals surface area contributed by atoms with Crippen LogP contribution in [0.1, 0.15) is 34.4 Å². The summed E-state index contributed by atoms with van der Waals surface area (Å²) >= 11 is 0. The van der Waals surface area contributed by atoms with Gasteiger partial charge in [0.15, 0.2) is 0 Å². The normalized spacial score (nSPS) is 18.4. The molecule has 3 N–H and O–H groups in total. The zero-order valence-corrected chi connectivity index (χ0v) is 18.0. The van der Waals surface area contributed by atoms with Crippen molar-refractivity contribution >= 4 is 17.5 Å². The fourth-order valence-electron chi connectivity index (χ4n) is 4.22. The Morgan fingerprint density at radius 3 is 2.61 bits per heavy atom. The lowest BCUT2D eigenvalue weighted by Gasteiger charge is -2.16. The highest BCUT2D eigenvalue weighted by Crippen LogP contribution is 2.28. The van der Waals surface area contributed by atoms with E-state index < -0.39 is 0 Å². The third-order valence-electron chi connectivity index (χ3n) is 5.98. The molecule has 2 amide bonds. The fourth-order valence-corrected chi connectivity index (χ4v) is 4.22. The Morgan fingerprint density at radius 1 is 1.16 bits per heavy atom. The number of rotatable bonds is 4. The van der Waals surface area contributed by atoms with Gasteiger partial charge in [-0.25, -0.2) is 4.39 Å². The molecule has 1 aliphatic heterocycles. The molecule has 162 valence electrons. The molecule has 1 saturated heterocycles. The summed E-state index contributed by atoms with van der Waals surface area (Å²) in [6, 6.07) is 8.13. The molecule has 2 atom stereocenters. The van der Waals surface area contributed by atoms with Crippen LogP contribution in [0.5, 0.6) is 0 Å². The maximum Gasteiger partial charge on any atom is 0.270 e. The van der Waals surface area contributed by atoms with Crippen molar-refractivity contribution in [1.29, 1.82) is 0 Å². The van der Waals surface area contributed by atoms with E-state index in [1.54, 1.807) is 30.0 Å². The van der Waals surface area contributed by atoms with Gasteiger partial charge in [0.2, 0.25) is 5.91 Å². The highest BCUT2D eigenvalue weighted by Gasteiger charge is 2.37. The van der Waals surface area contributed by atoms with Crippen molar-refractivity contribution < 1.29 is 14.0 Å². The Kier molecular flexibility index (Phi) is 5.39. The molecule has 1 aliphatic rings. The average molecular weight is 423 g/mol. The minimum Gasteiger partial charge on any atom is -0.350 e.